The first-order chi connectivity index (χ1) is 21.7. The molecule has 0 aliphatic carbocycles. The minimum Gasteiger partial charge on any atom is -0.455 e. The third kappa shape index (κ3) is 5.42. The van der Waals surface area contributed by atoms with Gasteiger partial charge in [-0.25, -0.2) is 13.5 Å². The van der Waals surface area contributed by atoms with Crippen molar-refractivity contribution in [2.45, 2.75) is 6.04 Å². The van der Waals surface area contributed by atoms with Gasteiger partial charge in [-0.2, -0.15) is 0 Å². The molecule has 0 fully saturated rings. The number of aromatic nitrogens is 3. The molecule has 2 aromatic heterocycles. The van der Waals surface area contributed by atoms with Gasteiger partial charge in [-0.15, -0.1) is 5.10 Å². The molecule has 0 saturated carbocycles. The number of carbonyl (C=O) groups is 1. The molecule has 4 aromatic carbocycles. The van der Waals surface area contributed by atoms with Crippen molar-refractivity contribution in [2.24, 2.45) is 0 Å². The van der Waals surface area contributed by atoms with E-state index in [0.29, 0.717) is 44.5 Å². The molecular formula is C33H27F2N5O4S. The second kappa shape index (κ2) is 12.1. The van der Waals surface area contributed by atoms with E-state index in [0.717, 1.165) is 10.4 Å². The monoisotopic (exact) mass is 627 g/mol. The fraction of sp³-hybridized carbons (Fsp3) is 0.152. The Hall–Kier alpha value is -5.07. The van der Waals surface area contributed by atoms with Crippen molar-refractivity contribution in [3.63, 3.8) is 0 Å². The Morgan fingerprint density at radius 1 is 1.00 bits per heavy atom. The summed E-state index contributed by atoms with van der Waals surface area (Å²) in [6, 6.07) is 19.1. The van der Waals surface area contributed by atoms with Gasteiger partial charge in [-0.3, -0.25) is 9.59 Å². The molecule has 9 nitrogen and oxygen atoms in total. The fourth-order valence-electron chi connectivity index (χ4n) is 5.31. The average Bonchev–Trinajstić information content (AvgIpc) is 3.44. The predicted molar refractivity (Wildman–Crippen MR) is 171 cm³/mol. The van der Waals surface area contributed by atoms with Crippen LogP contribution in [0.2, 0.25) is 0 Å². The Kier molecular flexibility index (Phi) is 8.09. The maximum absolute atomic E-state index is 13.8. The highest BCUT2D eigenvalue weighted by Crippen LogP contribution is 2.42. The number of carbonyl (C=O) groups excluding carboxylic acids is 1. The van der Waals surface area contributed by atoms with E-state index in [4.69, 9.17) is 4.42 Å². The number of benzene rings is 4. The van der Waals surface area contributed by atoms with Crippen LogP contribution in [0.3, 0.4) is 0 Å². The number of furan rings is 1. The lowest BCUT2D eigenvalue weighted by molar-refractivity contribution is 0.0964. The number of rotatable bonds is 8. The van der Waals surface area contributed by atoms with Crippen LogP contribution in [-0.4, -0.2) is 53.0 Å². The molecule has 228 valence electrons. The molecule has 0 radical (unpaired) electrons. The minimum absolute atomic E-state index is 0.256. The molecule has 6 rings (SSSR count). The van der Waals surface area contributed by atoms with Crippen LogP contribution in [0.1, 0.15) is 22.0 Å². The molecule has 2 heterocycles. The van der Waals surface area contributed by atoms with E-state index in [2.05, 4.69) is 15.6 Å². The van der Waals surface area contributed by atoms with Crippen molar-refractivity contribution in [1.82, 2.24) is 20.3 Å². The summed E-state index contributed by atoms with van der Waals surface area (Å²) in [6.45, 7) is -0.454. The second-order valence-electron chi connectivity index (χ2n) is 10.3. The van der Waals surface area contributed by atoms with Gasteiger partial charge in [0, 0.05) is 42.9 Å². The van der Waals surface area contributed by atoms with Crippen molar-refractivity contribution < 1.29 is 23.1 Å². The van der Waals surface area contributed by atoms with Crippen molar-refractivity contribution in [2.75, 3.05) is 31.3 Å². The molecule has 0 saturated heterocycles. The number of aliphatic hydroxyl groups is 1. The number of halogens is 2. The predicted octanol–water partition coefficient (Wildman–Crippen LogP) is 5.81. The topological polar surface area (TPSA) is 113 Å². The lowest BCUT2D eigenvalue weighted by Gasteiger charge is -2.20. The van der Waals surface area contributed by atoms with Crippen LogP contribution in [0, 0.1) is 11.6 Å². The number of amides is 1. The molecule has 1 atom stereocenters. The number of anilines is 1. The van der Waals surface area contributed by atoms with Gasteiger partial charge in [0.25, 0.3) is 11.5 Å². The molecule has 0 spiro atoms. The maximum Gasteiger partial charge on any atom is 0.278 e. The summed E-state index contributed by atoms with van der Waals surface area (Å²) in [7, 11) is 3.40. The van der Waals surface area contributed by atoms with Crippen LogP contribution in [-0.2, 0) is 0 Å². The number of fused-ring (bicyclic) bond motifs is 2. The van der Waals surface area contributed by atoms with E-state index in [1.54, 1.807) is 24.3 Å². The number of hydrogen-bond acceptors (Lipinski definition) is 8. The Morgan fingerprint density at radius 3 is 2.31 bits per heavy atom. The van der Waals surface area contributed by atoms with E-state index in [1.165, 1.54) is 55.4 Å². The highest BCUT2D eigenvalue weighted by atomic mass is 32.2. The van der Waals surface area contributed by atoms with Crippen molar-refractivity contribution in [3.05, 3.63) is 112 Å². The average molecular weight is 628 g/mol. The zero-order valence-electron chi connectivity index (χ0n) is 24.4. The number of nitrogens with zero attached hydrogens (tertiary/aromatic N) is 4. The largest absolute Gasteiger partial charge is 0.455 e. The Bertz CT molecular complexity index is 2110. The first-order valence-corrected chi connectivity index (χ1v) is 15.0. The Balaban J connectivity index is 1.56. The molecule has 0 aliphatic heterocycles. The Morgan fingerprint density at radius 2 is 1.67 bits per heavy atom. The summed E-state index contributed by atoms with van der Waals surface area (Å²) in [5.74, 6) is -0.934. The zero-order valence-corrected chi connectivity index (χ0v) is 25.2. The van der Waals surface area contributed by atoms with Crippen LogP contribution >= 0.6 is 11.9 Å². The fourth-order valence-corrected chi connectivity index (χ4v) is 5.66. The number of nitrogens with one attached hydrogen (secondary N) is 1. The van der Waals surface area contributed by atoms with Gasteiger partial charge in [0.2, 0.25) is 0 Å². The highest BCUT2D eigenvalue weighted by molar-refractivity contribution is 7.99. The van der Waals surface area contributed by atoms with Crippen LogP contribution in [0.15, 0.2) is 88.1 Å². The zero-order chi connectivity index (χ0) is 31.8. The van der Waals surface area contributed by atoms with Gasteiger partial charge in [-0.1, -0.05) is 35.4 Å². The SMILES string of the molecule is CNC(=O)c1c(-c2ccc(F)cc2)oc2cc(N(C)SC)c(-c3ccc4nnn(C(CO)c5ccc(F)cc5)c(=O)c4c3)cc12. The summed E-state index contributed by atoms with van der Waals surface area (Å²) in [5, 5.41) is 21.9. The summed E-state index contributed by atoms with van der Waals surface area (Å²) < 4.78 is 36.5. The minimum atomic E-state index is -0.876. The van der Waals surface area contributed by atoms with E-state index < -0.39 is 29.8 Å². The smallest absolute Gasteiger partial charge is 0.278 e. The molecule has 45 heavy (non-hydrogen) atoms. The van der Waals surface area contributed by atoms with Crippen LogP contribution in [0.5, 0.6) is 0 Å². The van der Waals surface area contributed by atoms with Gasteiger partial charge in [0.15, 0.2) is 0 Å². The third-order valence-electron chi connectivity index (χ3n) is 7.70. The van der Waals surface area contributed by atoms with E-state index in [9.17, 15) is 23.5 Å². The van der Waals surface area contributed by atoms with E-state index in [1.807, 2.05) is 35.8 Å². The van der Waals surface area contributed by atoms with E-state index in [-0.39, 0.29) is 16.9 Å². The summed E-state index contributed by atoms with van der Waals surface area (Å²) >= 11 is 1.46. The lowest BCUT2D eigenvalue weighted by Crippen LogP contribution is -2.31. The quantitative estimate of drug-likeness (QED) is 0.204. The molecule has 2 N–H and O–H groups in total. The van der Waals surface area contributed by atoms with Crippen LogP contribution in [0.25, 0.3) is 44.3 Å². The van der Waals surface area contributed by atoms with Gasteiger partial charge < -0.3 is 19.1 Å². The highest BCUT2D eigenvalue weighted by Gasteiger charge is 2.25. The molecule has 1 amide bonds. The standard InChI is InChI=1S/C33H27F2N5O4S/c1-36-32(42)30-25-15-23(27(39(2)45-3)16-29(25)44-31(30)19-6-11-22(35)12-7-19)20-8-13-26-24(14-20)33(43)40(38-37-26)28(17-41)18-4-9-21(34)10-5-18/h4-16,28,41H,17H2,1-3H3,(H,36,42). The molecule has 0 aliphatic rings. The van der Waals surface area contributed by atoms with Gasteiger partial charge in [-0.05, 0) is 65.7 Å². The summed E-state index contributed by atoms with van der Waals surface area (Å²) in [6.07, 6.45) is 1.91. The van der Waals surface area contributed by atoms with Crippen molar-refractivity contribution in [3.8, 4) is 22.5 Å². The normalized spacial score (nSPS) is 12.0. The summed E-state index contributed by atoms with van der Waals surface area (Å²) in [5.41, 5.74) is 3.76. The van der Waals surface area contributed by atoms with Gasteiger partial charge in [0.05, 0.1) is 23.2 Å². The molecular weight excluding hydrogens is 600 g/mol. The van der Waals surface area contributed by atoms with Crippen molar-refractivity contribution >= 4 is 45.4 Å². The third-order valence-corrected chi connectivity index (χ3v) is 8.44. The Labute approximate surface area is 260 Å². The molecule has 6 aromatic rings. The van der Waals surface area contributed by atoms with Gasteiger partial charge >= 0.3 is 0 Å². The summed E-state index contributed by atoms with van der Waals surface area (Å²) in [4.78, 5) is 27.0. The maximum atomic E-state index is 13.8. The van der Waals surface area contributed by atoms with Crippen molar-refractivity contribution in [1.29, 1.82) is 0 Å². The molecule has 1 unspecified atom stereocenters. The molecule has 12 heteroatoms. The first-order valence-electron chi connectivity index (χ1n) is 13.9. The second-order valence-corrected chi connectivity index (χ2v) is 11.2. The first kappa shape index (κ1) is 30.0. The van der Waals surface area contributed by atoms with Crippen LogP contribution in [0.4, 0.5) is 14.5 Å². The number of aliphatic hydroxyl groups excluding tert-OH is 1. The van der Waals surface area contributed by atoms with E-state index >= 15 is 0 Å². The van der Waals surface area contributed by atoms with Crippen LogP contribution < -0.4 is 15.2 Å². The molecule has 0 bridgehead atoms. The number of hydrogen-bond donors (Lipinski definition) is 2. The van der Waals surface area contributed by atoms with Gasteiger partial charge in [0.1, 0.15) is 34.5 Å². The lowest BCUT2D eigenvalue weighted by atomic mass is 9.97.